The van der Waals surface area contributed by atoms with Crippen molar-refractivity contribution in [3.05, 3.63) is 0 Å². The highest BCUT2D eigenvalue weighted by Gasteiger charge is 2.40. The molecule has 0 aliphatic carbocycles. The first-order chi connectivity index (χ1) is 8.65. The number of carbonyl (C=O) groups excluding carboxylic acids is 2. The Morgan fingerprint density at radius 1 is 1.37 bits per heavy atom. The van der Waals surface area contributed by atoms with Crippen LogP contribution in [0.1, 0.15) is 33.1 Å². The van der Waals surface area contributed by atoms with E-state index in [9.17, 15) is 18.0 Å². The van der Waals surface area contributed by atoms with Gasteiger partial charge < -0.3 is 10.5 Å². The van der Waals surface area contributed by atoms with Gasteiger partial charge in [-0.1, -0.05) is 0 Å². The predicted molar refractivity (Wildman–Crippen MR) is 68.5 cm³/mol. The third kappa shape index (κ3) is 4.46. The number of nitrogens with one attached hydrogen (secondary N) is 1. The summed E-state index contributed by atoms with van der Waals surface area (Å²) in [6.07, 6.45) is 2.25. The van der Waals surface area contributed by atoms with Crippen molar-refractivity contribution in [2.24, 2.45) is 11.1 Å². The molecule has 0 radical (unpaired) electrons. The van der Waals surface area contributed by atoms with Gasteiger partial charge in [0.2, 0.25) is 21.8 Å². The Labute approximate surface area is 112 Å². The van der Waals surface area contributed by atoms with Gasteiger partial charge in [-0.2, -0.15) is 0 Å². The molecule has 1 aliphatic heterocycles. The lowest BCUT2D eigenvalue weighted by atomic mass is 9.82. The van der Waals surface area contributed by atoms with Gasteiger partial charge in [0.25, 0.3) is 0 Å². The molecule has 1 heterocycles. The fourth-order valence-electron chi connectivity index (χ4n) is 1.95. The molecule has 0 aromatic heterocycles. The molecule has 7 nitrogen and oxygen atoms in total. The molecule has 1 fully saturated rings. The van der Waals surface area contributed by atoms with E-state index in [1.54, 1.807) is 13.8 Å². The van der Waals surface area contributed by atoms with E-state index in [-0.39, 0.29) is 6.10 Å². The summed E-state index contributed by atoms with van der Waals surface area (Å²) in [4.78, 5) is 22.7. The lowest BCUT2D eigenvalue weighted by Crippen LogP contribution is -2.49. The largest absolute Gasteiger partial charge is 0.377 e. The highest BCUT2D eigenvalue weighted by Crippen LogP contribution is 2.30. The molecule has 0 spiro atoms. The second kappa shape index (κ2) is 5.87. The van der Waals surface area contributed by atoms with E-state index in [1.807, 2.05) is 4.72 Å². The summed E-state index contributed by atoms with van der Waals surface area (Å²) in [6.45, 7) is 3.81. The maximum atomic E-state index is 12.0. The lowest BCUT2D eigenvalue weighted by Gasteiger charge is -2.35. The van der Waals surface area contributed by atoms with Gasteiger partial charge in [-0.05, 0) is 33.1 Å². The Kier molecular flexibility index (Phi) is 4.92. The zero-order valence-corrected chi connectivity index (χ0v) is 12.0. The highest BCUT2D eigenvalue weighted by molar-refractivity contribution is 7.90. The number of ether oxygens (including phenoxy) is 1. The summed E-state index contributed by atoms with van der Waals surface area (Å²) in [6, 6.07) is 0. The Hall–Kier alpha value is -1.15. The van der Waals surface area contributed by atoms with Gasteiger partial charge in [0, 0.05) is 6.61 Å². The minimum Gasteiger partial charge on any atom is -0.377 e. The topological polar surface area (TPSA) is 116 Å². The number of carbonyl (C=O) groups is 2. The van der Waals surface area contributed by atoms with Crippen LogP contribution in [0.3, 0.4) is 0 Å². The molecule has 3 N–H and O–H groups in total. The van der Waals surface area contributed by atoms with Crippen molar-refractivity contribution in [2.75, 3.05) is 12.4 Å². The molecular weight excluding hydrogens is 272 g/mol. The first-order valence-electron chi connectivity index (χ1n) is 6.10. The van der Waals surface area contributed by atoms with E-state index in [0.717, 1.165) is 12.8 Å². The molecule has 1 aliphatic rings. The van der Waals surface area contributed by atoms with E-state index in [4.69, 9.17) is 10.5 Å². The van der Waals surface area contributed by atoms with Crippen LogP contribution >= 0.6 is 0 Å². The van der Waals surface area contributed by atoms with E-state index in [0.29, 0.717) is 13.0 Å². The molecule has 19 heavy (non-hydrogen) atoms. The van der Waals surface area contributed by atoms with Crippen LogP contribution in [-0.2, 0) is 24.3 Å². The Morgan fingerprint density at radius 2 is 2.00 bits per heavy atom. The molecule has 0 aromatic carbocycles. The first-order valence-corrected chi connectivity index (χ1v) is 7.75. The van der Waals surface area contributed by atoms with Crippen LogP contribution in [0, 0.1) is 5.41 Å². The molecule has 1 rings (SSSR count). The fraction of sp³-hybridized carbons (Fsp3) is 0.818. The number of hydrogen-bond donors (Lipinski definition) is 2. The normalized spacial score (nSPS) is 20.8. The number of primary amides is 1. The maximum Gasteiger partial charge on any atom is 0.243 e. The minimum atomic E-state index is -4.03. The minimum absolute atomic E-state index is 0.329. The third-order valence-electron chi connectivity index (χ3n) is 3.15. The number of rotatable bonds is 5. The molecule has 0 bridgehead atoms. The second-order valence-corrected chi connectivity index (χ2v) is 6.96. The summed E-state index contributed by atoms with van der Waals surface area (Å²) < 4.78 is 30.4. The highest BCUT2D eigenvalue weighted by atomic mass is 32.2. The van der Waals surface area contributed by atoms with Crippen molar-refractivity contribution in [1.82, 2.24) is 4.72 Å². The third-order valence-corrected chi connectivity index (χ3v) is 4.31. The molecule has 110 valence electrons. The molecule has 1 unspecified atom stereocenters. The van der Waals surface area contributed by atoms with Crippen molar-refractivity contribution in [3.63, 3.8) is 0 Å². The first kappa shape index (κ1) is 15.9. The molecule has 0 saturated carbocycles. The van der Waals surface area contributed by atoms with Crippen LogP contribution in [0.2, 0.25) is 0 Å². The van der Waals surface area contributed by atoms with Crippen molar-refractivity contribution < 1.29 is 22.7 Å². The average Bonchev–Trinajstić information content (AvgIpc) is 2.27. The number of hydrogen-bond acceptors (Lipinski definition) is 5. The van der Waals surface area contributed by atoms with Crippen LogP contribution in [0.25, 0.3) is 0 Å². The maximum absolute atomic E-state index is 12.0. The van der Waals surface area contributed by atoms with Crippen LogP contribution in [-0.4, -0.2) is 38.7 Å². The van der Waals surface area contributed by atoms with Crippen LogP contribution in [0.5, 0.6) is 0 Å². The van der Waals surface area contributed by atoms with Gasteiger partial charge >= 0.3 is 0 Å². The molecular formula is C11H20N2O5S. The van der Waals surface area contributed by atoms with Crippen molar-refractivity contribution in [2.45, 2.75) is 39.2 Å². The van der Waals surface area contributed by atoms with Crippen molar-refractivity contribution >= 4 is 21.8 Å². The molecule has 8 heteroatoms. The van der Waals surface area contributed by atoms with Gasteiger partial charge in [-0.15, -0.1) is 0 Å². The van der Waals surface area contributed by atoms with Crippen LogP contribution in [0.4, 0.5) is 0 Å². The number of sulfonamides is 1. The Balaban J connectivity index is 2.72. The van der Waals surface area contributed by atoms with Crippen molar-refractivity contribution in [3.8, 4) is 0 Å². The quantitative estimate of drug-likeness (QED) is 0.709. The second-order valence-electron chi connectivity index (χ2n) is 5.23. The predicted octanol–water partition coefficient (Wildman–Crippen LogP) is -0.487. The summed E-state index contributed by atoms with van der Waals surface area (Å²) in [5, 5.41) is 0. The monoisotopic (exact) mass is 292 g/mol. The van der Waals surface area contributed by atoms with Gasteiger partial charge in [0.15, 0.2) is 0 Å². The number of amides is 2. The summed E-state index contributed by atoms with van der Waals surface area (Å²) in [7, 11) is -4.03. The van der Waals surface area contributed by atoms with Gasteiger partial charge in [-0.25, -0.2) is 8.42 Å². The molecule has 1 saturated heterocycles. The number of nitrogens with two attached hydrogens (primary N) is 1. The summed E-state index contributed by atoms with van der Waals surface area (Å²) in [5.74, 6) is -2.59. The zero-order chi connectivity index (χ0) is 14.7. The SMILES string of the molecule is CC(C)(C(=O)NS(=O)(=O)CC(N)=O)C1CCCCO1. The standard InChI is InChI=1S/C11H20N2O5S/c1-11(2,8-5-3-4-6-18-8)10(15)13-19(16,17)7-9(12)14/h8H,3-7H2,1-2H3,(H2,12,14)(H,13,15). The van der Waals surface area contributed by atoms with Gasteiger partial charge in [0.1, 0.15) is 5.75 Å². The molecule has 1 atom stereocenters. The van der Waals surface area contributed by atoms with E-state index < -0.39 is 33.0 Å². The van der Waals surface area contributed by atoms with E-state index in [1.165, 1.54) is 0 Å². The van der Waals surface area contributed by atoms with Crippen LogP contribution in [0.15, 0.2) is 0 Å². The fourth-order valence-corrected chi connectivity index (χ4v) is 2.94. The summed E-state index contributed by atoms with van der Waals surface area (Å²) in [5.41, 5.74) is 3.83. The van der Waals surface area contributed by atoms with E-state index >= 15 is 0 Å². The smallest absolute Gasteiger partial charge is 0.243 e. The molecule has 2 amide bonds. The van der Waals surface area contributed by atoms with Crippen LogP contribution < -0.4 is 10.5 Å². The Bertz CT molecular complexity index is 452. The van der Waals surface area contributed by atoms with Gasteiger partial charge in [-0.3, -0.25) is 14.3 Å². The molecule has 0 aromatic rings. The van der Waals surface area contributed by atoms with E-state index in [2.05, 4.69) is 0 Å². The van der Waals surface area contributed by atoms with Gasteiger partial charge in [0.05, 0.1) is 11.5 Å². The average molecular weight is 292 g/mol. The summed E-state index contributed by atoms with van der Waals surface area (Å²) >= 11 is 0. The zero-order valence-electron chi connectivity index (χ0n) is 11.1. The lowest BCUT2D eigenvalue weighted by molar-refractivity contribution is -0.139. The van der Waals surface area contributed by atoms with Crippen molar-refractivity contribution in [1.29, 1.82) is 0 Å². The Morgan fingerprint density at radius 3 is 2.47 bits per heavy atom.